The number of rotatable bonds is 3. The van der Waals surface area contributed by atoms with Gasteiger partial charge in [0.05, 0.1) is 5.69 Å². The van der Waals surface area contributed by atoms with Crippen molar-refractivity contribution in [3.8, 4) is 11.6 Å². The summed E-state index contributed by atoms with van der Waals surface area (Å²) >= 11 is 0. The molecule has 4 heteroatoms. The molecule has 0 saturated heterocycles. The highest BCUT2D eigenvalue weighted by Crippen LogP contribution is 2.22. The van der Waals surface area contributed by atoms with Crippen molar-refractivity contribution in [3.05, 3.63) is 42.4 Å². The molecular weight excluding hydrogens is 214 g/mol. The summed E-state index contributed by atoms with van der Waals surface area (Å²) in [4.78, 5) is 8.26. The van der Waals surface area contributed by atoms with Crippen LogP contribution in [0.5, 0.6) is 11.6 Å². The van der Waals surface area contributed by atoms with Crippen molar-refractivity contribution in [1.29, 1.82) is 0 Å². The Morgan fingerprint density at radius 1 is 1.12 bits per heavy atom. The molecule has 2 N–H and O–H groups in total. The summed E-state index contributed by atoms with van der Waals surface area (Å²) in [6, 6.07) is 9.06. The molecule has 2 rings (SSSR count). The number of anilines is 1. The minimum absolute atomic E-state index is 0.353. The maximum Gasteiger partial charge on any atom is 0.222 e. The van der Waals surface area contributed by atoms with Gasteiger partial charge in [-0.25, -0.2) is 9.97 Å². The molecule has 0 aliphatic carbocycles. The molecule has 2 aromatic rings. The second kappa shape index (κ2) is 4.82. The lowest BCUT2D eigenvalue weighted by Gasteiger charge is -2.07. The predicted molar refractivity (Wildman–Crippen MR) is 67.0 cm³/mol. The summed E-state index contributed by atoms with van der Waals surface area (Å²) in [5.74, 6) is 1.62. The second-order valence-electron chi connectivity index (χ2n) is 4.11. The average molecular weight is 229 g/mol. The molecule has 0 aliphatic heterocycles. The van der Waals surface area contributed by atoms with E-state index in [1.54, 1.807) is 12.1 Å². The highest BCUT2D eigenvalue weighted by molar-refractivity contribution is 5.42. The van der Waals surface area contributed by atoms with Gasteiger partial charge < -0.3 is 10.5 Å². The number of hydrogen-bond donors (Lipinski definition) is 1. The highest BCUT2D eigenvalue weighted by Gasteiger charge is 2.04. The van der Waals surface area contributed by atoms with Crippen LogP contribution in [-0.4, -0.2) is 9.97 Å². The fourth-order valence-corrected chi connectivity index (χ4v) is 1.38. The number of nitrogens with two attached hydrogens (primary N) is 1. The predicted octanol–water partition coefficient (Wildman–Crippen LogP) is 2.97. The number of nitrogen functional groups attached to an aromatic ring is 1. The summed E-state index contributed by atoms with van der Waals surface area (Å²) < 4.78 is 5.62. The SMILES string of the molecule is CC(C)c1cc(Oc2ccc(N)cc2)ncn1. The number of benzene rings is 1. The highest BCUT2D eigenvalue weighted by atomic mass is 16.5. The van der Waals surface area contributed by atoms with Crippen molar-refractivity contribution in [2.75, 3.05) is 5.73 Å². The van der Waals surface area contributed by atoms with Crippen LogP contribution < -0.4 is 10.5 Å². The minimum atomic E-state index is 0.353. The summed E-state index contributed by atoms with van der Waals surface area (Å²) in [5.41, 5.74) is 7.28. The number of hydrogen-bond acceptors (Lipinski definition) is 4. The van der Waals surface area contributed by atoms with Crippen molar-refractivity contribution in [1.82, 2.24) is 9.97 Å². The van der Waals surface area contributed by atoms with Crippen molar-refractivity contribution in [2.24, 2.45) is 0 Å². The topological polar surface area (TPSA) is 61.0 Å². The maximum absolute atomic E-state index is 5.62. The van der Waals surface area contributed by atoms with Gasteiger partial charge in [-0.15, -0.1) is 0 Å². The van der Waals surface area contributed by atoms with Crippen LogP contribution in [-0.2, 0) is 0 Å². The molecule has 0 amide bonds. The van der Waals surface area contributed by atoms with Gasteiger partial charge in [0.2, 0.25) is 5.88 Å². The van der Waals surface area contributed by atoms with Gasteiger partial charge in [0.25, 0.3) is 0 Å². The minimum Gasteiger partial charge on any atom is -0.439 e. The van der Waals surface area contributed by atoms with Crippen molar-refractivity contribution < 1.29 is 4.74 Å². The van der Waals surface area contributed by atoms with E-state index in [-0.39, 0.29) is 0 Å². The van der Waals surface area contributed by atoms with E-state index in [9.17, 15) is 0 Å². The first kappa shape index (κ1) is 11.4. The first-order valence-corrected chi connectivity index (χ1v) is 5.50. The molecule has 4 nitrogen and oxygen atoms in total. The van der Waals surface area contributed by atoms with Gasteiger partial charge in [0, 0.05) is 11.8 Å². The molecule has 88 valence electrons. The van der Waals surface area contributed by atoms with Gasteiger partial charge in [-0.2, -0.15) is 0 Å². The third-order valence-corrected chi connectivity index (χ3v) is 2.36. The molecule has 0 fully saturated rings. The zero-order chi connectivity index (χ0) is 12.3. The first-order valence-electron chi connectivity index (χ1n) is 5.50. The molecule has 0 saturated carbocycles. The Labute approximate surface area is 100 Å². The van der Waals surface area contributed by atoms with E-state index in [0.717, 1.165) is 5.69 Å². The smallest absolute Gasteiger partial charge is 0.222 e. The Morgan fingerprint density at radius 2 is 1.82 bits per heavy atom. The number of nitrogens with zero attached hydrogens (tertiary/aromatic N) is 2. The van der Waals surface area contributed by atoms with E-state index in [1.807, 2.05) is 18.2 Å². The van der Waals surface area contributed by atoms with Crippen molar-refractivity contribution in [3.63, 3.8) is 0 Å². The Morgan fingerprint density at radius 3 is 2.47 bits per heavy atom. The zero-order valence-corrected chi connectivity index (χ0v) is 9.92. The van der Waals surface area contributed by atoms with Crippen molar-refractivity contribution >= 4 is 5.69 Å². The van der Waals surface area contributed by atoms with Crippen LogP contribution in [0.25, 0.3) is 0 Å². The van der Waals surface area contributed by atoms with Crippen LogP contribution in [0.2, 0.25) is 0 Å². The van der Waals surface area contributed by atoms with Gasteiger partial charge in [-0.1, -0.05) is 13.8 Å². The van der Waals surface area contributed by atoms with E-state index in [0.29, 0.717) is 23.2 Å². The molecule has 17 heavy (non-hydrogen) atoms. The van der Waals surface area contributed by atoms with Crippen LogP contribution in [0.3, 0.4) is 0 Å². The van der Waals surface area contributed by atoms with Crippen LogP contribution in [0, 0.1) is 0 Å². The summed E-state index contributed by atoms with van der Waals surface area (Å²) in [5, 5.41) is 0. The van der Waals surface area contributed by atoms with Gasteiger partial charge in [0.15, 0.2) is 0 Å². The molecular formula is C13H15N3O. The van der Waals surface area contributed by atoms with Gasteiger partial charge in [-0.05, 0) is 30.2 Å². The Balaban J connectivity index is 2.18. The van der Waals surface area contributed by atoms with Crippen molar-refractivity contribution in [2.45, 2.75) is 19.8 Å². The molecule has 1 heterocycles. The molecule has 0 spiro atoms. The molecule has 0 radical (unpaired) electrons. The molecule has 1 aromatic heterocycles. The van der Waals surface area contributed by atoms with E-state index >= 15 is 0 Å². The standard InChI is InChI=1S/C13H15N3O/c1-9(2)12-7-13(16-8-15-12)17-11-5-3-10(14)4-6-11/h3-9H,14H2,1-2H3. The fourth-order valence-electron chi connectivity index (χ4n) is 1.38. The van der Waals surface area contributed by atoms with E-state index in [2.05, 4.69) is 23.8 Å². The fraction of sp³-hybridized carbons (Fsp3) is 0.231. The Kier molecular flexibility index (Phi) is 3.23. The van der Waals surface area contributed by atoms with Crippen LogP contribution in [0.1, 0.15) is 25.5 Å². The normalized spacial score (nSPS) is 10.5. The summed E-state index contributed by atoms with van der Waals surface area (Å²) in [7, 11) is 0. The zero-order valence-electron chi connectivity index (χ0n) is 9.92. The van der Waals surface area contributed by atoms with E-state index in [4.69, 9.17) is 10.5 Å². The largest absolute Gasteiger partial charge is 0.439 e. The maximum atomic E-state index is 5.62. The van der Waals surface area contributed by atoms with Crippen LogP contribution in [0.15, 0.2) is 36.7 Å². The van der Waals surface area contributed by atoms with Gasteiger partial charge in [-0.3, -0.25) is 0 Å². The molecule has 0 atom stereocenters. The monoisotopic (exact) mass is 229 g/mol. The van der Waals surface area contributed by atoms with Crippen LogP contribution in [0.4, 0.5) is 5.69 Å². The lowest BCUT2D eigenvalue weighted by atomic mass is 10.1. The lowest BCUT2D eigenvalue weighted by molar-refractivity contribution is 0.459. The van der Waals surface area contributed by atoms with Gasteiger partial charge >= 0.3 is 0 Å². The van der Waals surface area contributed by atoms with Gasteiger partial charge in [0.1, 0.15) is 12.1 Å². The Bertz CT molecular complexity index is 494. The van der Waals surface area contributed by atoms with E-state index < -0.39 is 0 Å². The number of ether oxygens (including phenoxy) is 1. The Hall–Kier alpha value is -2.10. The molecule has 1 aromatic carbocycles. The number of aromatic nitrogens is 2. The summed E-state index contributed by atoms with van der Waals surface area (Å²) in [6.07, 6.45) is 1.52. The molecule has 0 bridgehead atoms. The first-order chi connectivity index (χ1) is 8.15. The quantitative estimate of drug-likeness (QED) is 0.822. The second-order valence-corrected chi connectivity index (χ2v) is 4.11. The third kappa shape index (κ3) is 2.93. The lowest BCUT2D eigenvalue weighted by Crippen LogP contribution is -1.96. The third-order valence-electron chi connectivity index (χ3n) is 2.36. The van der Waals surface area contributed by atoms with Crippen LogP contribution >= 0.6 is 0 Å². The average Bonchev–Trinajstić information content (AvgIpc) is 2.32. The van der Waals surface area contributed by atoms with E-state index in [1.165, 1.54) is 6.33 Å². The summed E-state index contributed by atoms with van der Waals surface area (Å²) in [6.45, 7) is 4.16. The molecule has 0 aliphatic rings. The molecule has 0 unspecified atom stereocenters.